The van der Waals surface area contributed by atoms with Gasteiger partial charge in [0.1, 0.15) is 11.8 Å². The van der Waals surface area contributed by atoms with Crippen LogP contribution in [0.15, 0.2) is 18.2 Å². The summed E-state index contributed by atoms with van der Waals surface area (Å²) in [6, 6.07) is 7.58. The van der Waals surface area contributed by atoms with Crippen LogP contribution in [-0.2, 0) is 9.47 Å². The number of nitrogens with zero attached hydrogens (tertiary/aromatic N) is 2. The molecule has 1 aromatic rings. The molecule has 0 aromatic heterocycles. The average molecular weight is 419 g/mol. The summed E-state index contributed by atoms with van der Waals surface area (Å²) in [6.45, 7) is 10.2. The van der Waals surface area contributed by atoms with Gasteiger partial charge in [0.2, 0.25) is 0 Å². The van der Waals surface area contributed by atoms with Crippen molar-refractivity contribution in [1.82, 2.24) is 15.6 Å². The zero-order valence-corrected chi connectivity index (χ0v) is 18.9. The molecule has 2 heterocycles. The molecule has 1 saturated carbocycles. The van der Waals surface area contributed by atoms with Crippen LogP contribution in [-0.4, -0.2) is 67.8 Å². The van der Waals surface area contributed by atoms with Crippen molar-refractivity contribution >= 4 is 5.69 Å². The number of hydrogen-bond donors (Lipinski definition) is 3. The Morgan fingerprint density at radius 1 is 1.40 bits per heavy atom. The number of hydrogen-bond acceptors (Lipinski definition) is 7. The van der Waals surface area contributed by atoms with Gasteiger partial charge in [-0.2, -0.15) is 0 Å². The molecule has 2 fully saturated rings. The number of methoxy groups -OCH3 is 1. The maximum atomic E-state index is 11.6. The third kappa shape index (κ3) is 4.38. The first-order valence-electron chi connectivity index (χ1n) is 11.4. The molecule has 1 aromatic carbocycles. The molecule has 0 spiro atoms. The normalized spacial score (nSPS) is 27.2. The SMILES string of the molecule is COCCCN1NC(C)c2ccc([C@@H](C)N(C3CC3)C(C)(O)[C@H]3CNCCO3)cc21. The predicted octanol–water partition coefficient (Wildman–Crippen LogP) is 2.33. The monoisotopic (exact) mass is 418 g/mol. The van der Waals surface area contributed by atoms with E-state index in [0.29, 0.717) is 25.2 Å². The van der Waals surface area contributed by atoms with E-state index >= 15 is 0 Å². The molecule has 7 nitrogen and oxygen atoms in total. The van der Waals surface area contributed by atoms with Gasteiger partial charge in [0, 0.05) is 45.4 Å². The minimum Gasteiger partial charge on any atom is -0.385 e. The zero-order valence-electron chi connectivity index (χ0n) is 18.9. The Kier molecular flexibility index (Phi) is 6.67. The fourth-order valence-corrected chi connectivity index (χ4v) is 5.02. The standard InChI is InChI=1S/C23H38N4O3/c1-16-20-9-6-18(14-21(20)26(25-16)11-5-12-29-4)17(2)27(19-7-8-19)23(3,28)22-15-24-10-13-30-22/h6,9,14,16-17,19,22,24-25,28H,5,7-8,10-13,15H2,1-4H3/t16?,17-,22-,23?/m1/s1. The van der Waals surface area contributed by atoms with E-state index in [0.717, 1.165) is 39.0 Å². The molecule has 2 aliphatic heterocycles. The molecule has 0 bridgehead atoms. The first-order chi connectivity index (χ1) is 14.4. The Labute approximate surface area is 180 Å². The van der Waals surface area contributed by atoms with E-state index in [1.807, 2.05) is 6.92 Å². The van der Waals surface area contributed by atoms with Crippen molar-refractivity contribution in [2.45, 2.75) is 70.0 Å². The van der Waals surface area contributed by atoms with Crippen LogP contribution in [0.3, 0.4) is 0 Å². The highest BCUT2D eigenvalue weighted by Crippen LogP contribution is 2.43. The number of anilines is 1. The summed E-state index contributed by atoms with van der Waals surface area (Å²) < 4.78 is 11.2. The molecule has 4 rings (SSSR count). The van der Waals surface area contributed by atoms with Gasteiger partial charge >= 0.3 is 0 Å². The number of rotatable bonds is 9. The summed E-state index contributed by atoms with van der Waals surface area (Å²) in [4.78, 5) is 2.29. The average Bonchev–Trinajstić information content (AvgIpc) is 3.52. The summed E-state index contributed by atoms with van der Waals surface area (Å²) >= 11 is 0. The van der Waals surface area contributed by atoms with Crippen LogP contribution in [0.2, 0.25) is 0 Å². The summed E-state index contributed by atoms with van der Waals surface area (Å²) in [7, 11) is 1.75. The van der Waals surface area contributed by atoms with Crippen LogP contribution < -0.4 is 15.8 Å². The quantitative estimate of drug-likeness (QED) is 0.420. The van der Waals surface area contributed by atoms with E-state index in [1.54, 1.807) is 7.11 Å². The Hall–Kier alpha value is -1.22. The van der Waals surface area contributed by atoms with Crippen molar-refractivity contribution < 1.29 is 14.6 Å². The summed E-state index contributed by atoms with van der Waals surface area (Å²) in [5.74, 6) is 0. The number of morpholine rings is 1. The van der Waals surface area contributed by atoms with Crippen LogP contribution in [0.4, 0.5) is 5.69 Å². The molecular weight excluding hydrogens is 380 g/mol. The maximum Gasteiger partial charge on any atom is 0.144 e. The van der Waals surface area contributed by atoms with E-state index < -0.39 is 5.72 Å². The topological polar surface area (TPSA) is 69.2 Å². The number of ether oxygens (including phenoxy) is 2. The molecule has 7 heteroatoms. The zero-order chi connectivity index (χ0) is 21.3. The van der Waals surface area contributed by atoms with E-state index in [2.05, 4.69) is 52.7 Å². The van der Waals surface area contributed by atoms with Crippen LogP contribution in [0, 0.1) is 0 Å². The van der Waals surface area contributed by atoms with Gasteiger partial charge in [-0.1, -0.05) is 12.1 Å². The molecule has 0 radical (unpaired) electrons. The Morgan fingerprint density at radius 2 is 2.20 bits per heavy atom. The largest absolute Gasteiger partial charge is 0.385 e. The molecule has 1 saturated heterocycles. The van der Waals surface area contributed by atoms with Crippen molar-refractivity contribution in [3.05, 3.63) is 29.3 Å². The van der Waals surface area contributed by atoms with Gasteiger partial charge in [-0.05, 0) is 57.2 Å². The van der Waals surface area contributed by atoms with Gasteiger partial charge in [-0.25, -0.2) is 5.43 Å². The second-order valence-electron chi connectivity index (χ2n) is 9.14. The maximum absolute atomic E-state index is 11.6. The summed E-state index contributed by atoms with van der Waals surface area (Å²) in [5.41, 5.74) is 6.36. The van der Waals surface area contributed by atoms with Crippen LogP contribution in [0.1, 0.15) is 63.2 Å². The van der Waals surface area contributed by atoms with Crippen LogP contribution in [0.25, 0.3) is 0 Å². The fraction of sp³-hybridized carbons (Fsp3) is 0.739. The smallest absolute Gasteiger partial charge is 0.144 e. The summed E-state index contributed by atoms with van der Waals surface area (Å²) in [6.07, 6.45) is 3.02. The highest BCUT2D eigenvalue weighted by Gasteiger charge is 2.48. The molecule has 0 amide bonds. The van der Waals surface area contributed by atoms with Gasteiger partial charge in [0.25, 0.3) is 0 Å². The predicted molar refractivity (Wildman–Crippen MR) is 118 cm³/mol. The minimum absolute atomic E-state index is 0.0973. The molecule has 2 unspecified atom stereocenters. The number of aliphatic hydroxyl groups is 1. The molecule has 3 aliphatic rings. The molecule has 4 atom stereocenters. The number of benzene rings is 1. The Morgan fingerprint density at radius 3 is 2.87 bits per heavy atom. The lowest BCUT2D eigenvalue weighted by atomic mass is 9.96. The van der Waals surface area contributed by atoms with E-state index in [1.165, 1.54) is 16.8 Å². The second-order valence-corrected chi connectivity index (χ2v) is 9.14. The number of fused-ring (bicyclic) bond motifs is 1. The van der Waals surface area contributed by atoms with Crippen molar-refractivity contribution in [2.24, 2.45) is 0 Å². The van der Waals surface area contributed by atoms with Gasteiger partial charge in [-0.3, -0.25) is 4.90 Å². The summed E-state index contributed by atoms with van der Waals surface area (Å²) in [5, 5.41) is 17.2. The third-order valence-corrected chi connectivity index (χ3v) is 6.79. The van der Waals surface area contributed by atoms with Crippen molar-refractivity contribution in [2.75, 3.05) is 45.0 Å². The van der Waals surface area contributed by atoms with Crippen molar-refractivity contribution in [3.8, 4) is 0 Å². The minimum atomic E-state index is -1.02. The molecule has 3 N–H and O–H groups in total. The fourth-order valence-electron chi connectivity index (χ4n) is 5.02. The van der Waals surface area contributed by atoms with Gasteiger partial charge in [0.15, 0.2) is 0 Å². The second kappa shape index (κ2) is 9.10. The Balaban J connectivity index is 1.57. The van der Waals surface area contributed by atoms with E-state index in [-0.39, 0.29) is 12.1 Å². The number of hydrazine groups is 1. The van der Waals surface area contributed by atoms with E-state index in [4.69, 9.17) is 9.47 Å². The van der Waals surface area contributed by atoms with Crippen molar-refractivity contribution in [1.29, 1.82) is 0 Å². The lowest BCUT2D eigenvalue weighted by Crippen LogP contribution is -2.61. The van der Waals surface area contributed by atoms with Gasteiger partial charge < -0.3 is 24.9 Å². The molecule has 168 valence electrons. The van der Waals surface area contributed by atoms with E-state index in [9.17, 15) is 5.11 Å². The molecule has 30 heavy (non-hydrogen) atoms. The molecule has 1 aliphatic carbocycles. The van der Waals surface area contributed by atoms with Crippen LogP contribution >= 0.6 is 0 Å². The number of nitrogens with one attached hydrogen (secondary N) is 2. The first kappa shape index (κ1) is 22.0. The van der Waals surface area contributed by atoms with Gasteiger partial charge in [0.05, 0.1) is 18.3 Å². The van der Waals surface area contributed by atoms with Crippen LogP contribution in [0.5, 0.6) is 0 Å². The van der Waals surface area contributed by atoms with Crippen molar-refractivity contribution in [3.63, 3.8) is 0 Å². The highest BCUT2D eigenvalue weighted by molar-refractivity contribution is 5.60. The lowest BCUT2D eigenvalue weighted by Gasteiger charge is -2.47. The van der Waals surface area contributed by atoms with Gasteiger partial charge in [-0.15, -0.1) is 0 Å². The third-order valence-electron chi connectivity index (χ3n) is 6.79. The Bertz CT molecular complexity index is 718. The first-order valence-corrected chi connectivity index (χ1v) is 11.4. The highest BCUT2D eigenvalue weighted by atomic mass is 16.5. The lowest BCUT2D eigenvalue weighted by molar-refractivity contribution is -0.206. The molecular formula is C23H38N4O3.